The fourth-order valence-electron chi connectivity index (χ4n) is 1.98. The SMILES string of the molecule is [2H]C([2H])(O)[C@H]1O[C@@H](n2ccc(N)nc2=O)C(Cl)(C#CC)[C@H]1O. The number of aliphatic hydroxyl groups is 2. The predicted molar refractivity (Wildman–Crippen MR) is 71.9 cm³/mol. The Bertz CT molecular complexity index is 696. The highest BCUT2D eigenvalue weighted by Crippen LogP contribution is 2.42. The van der Waals surface area contributed by atoms with Crippen molar-refractivity contribution in [2.75, 3.05) is 12.3 Å². The zero-order valence-electron chi connectivity index (χ0n) is 12.4. The average molecular weight is 302 g/mol. The van der Waals surface area contributed by atoms with Crippen LogP contribution in [0.4, 0.5) is 5.82 Å². The molecule has 0 saturated carbocycles. The van der Waals surface area contributed by atoms with Gasteiger partial charge in [-0.15, -0.1) is 5.92 Å². The van der Waals surface area contributed by atoms with Gasteiger partial charge in [-0.05, 0) is 13.0 Å². The van der Waals surface area contributed by atoms with Crippen molar-refractivity contribution < 1.29 is 17.7 Å². The number of nitrogen functional groups attached to an aromatic ring is 1. The number of hydrogen-bond acceptors (Lipinski definition) is 6. The summed E-state index contributed by atoms with van der Waals surface area (Å²) in [7, 11) is 0. The molecule has 0 radical (unpaired) electrons. The third-order valence-electron chi connectivity index (χ3n) is 2.90. The summed E-state index contributed by atoms with van der Waals surface area (Å²) in [6.07, 6.45) is -3.49. The van der Waals surface area contributed by atoms with Gasteiger partial charge in [-0.1, -0.05) is 17.5 Å². The van der Waals surface area contributed by atoms with Crippen molar-refractivity contribution in [3.05, 3.63) is 22.7 Å². The fraction of sp³-hybridized carbons (Fsp3) is 0.500. The number of anilines is 1. The maximum Gasteiger partial charge on any atom is 0.351 e. The van der Waals surface area contributed by atoms with E-state index in [9.17, 15) is 15.0 Å². The van der Waals surface area contributed by atoms with E-state index in [4.69, 9.17) is 24.8 Å². The van der Waals surface area contributed by atoms with Crippen LogP contribution in [0.3, 0.4) is 0 Å². The first-order valence-corrected chi connectivity index (χ1v) is 6.02. The number of nitrogens with zero attached hydrogens (tertiary/aromatic N) is 2. The van der Waals surface area contributed by atoms with Crippen LogP contribution in [-0.2, 0) is 4.74 Å². The minimum Gasteiger partial charge on any atom is -0.394 e. The first-order valence-electron chi connectivity index (χ1n) is 6.64. The van der Waals surface area contributed by atoms with Crippen molar-refractivity contribution >= 4 is 17.4 Å². The molecule has 0 spiro atoms. The van der Waals surface area contributed by atoms with Crippen molar-refractivity contribution in [3.8, 4) is 11.8 Å². The Hall–Kier alpha value is -1.59. The monoisotopic (exact) mass is 301 g/mol. The molecule has 0 bridgehead atoms. The second kappa shape index (κ2) is 5.42. The van der Waals surface area contributed by atoms with Crippen LogP contribution >= 0.6 is 11.6 Å². The van der Waals surface area contributed by atoms with E-state index in [1.807, 2.05) is 0 Å². The molecule has 1 unspecified atom stereocenters. The van der Waals surface area contributed by atoms with Crippen molar-refractivity contribution in [1.82, 2.24) is 9.55 Å². The lowest BCUT2D eigenvalue weighted by Crippen LogP contribution is -2.43. The van der Waals surface area contributed by atoms with E-state index in [0.29, 0.717) is 0 Å². The zero-order chi connectivity index (χ0) is 16.7. The lowest BCUT2D eigenvalue weighted by molar-refractivity contribution is -0.0464. The normalized spacial score (nSPS) is 34.9. The number of rotatable bonds is 2. The molecule has 1 aromatic rings. The molecule has 1 aromatic heterocycles. The Morgan fingerprint density at radius 1 is 1.80 bits per heavy atom. The summed E-state index contributed by atoms with van der Waals surface area (Å²) in [5.41, 5.74) is 4.59. The van der Waals surface area contributed by atoms with Gasteiger partial charge in [0.25, 0.3) is 0 Å². The second-order valence-electron chi connectivity index (χ2n) is 4.17. The molecule has 0 aromatic carbocycles. The van der Waals surface area contributed by atoms with E-state index in [-0.39, 0.29) is 5.82 Å². The van der Waals surface area contributed by atoms with Gasteiger partial charge in [0.2, 0.25) is 0 Å². The molecule has 0 amide bonds. The molecular formula is C12H14ClN3O4. The van der Waals surface area contributed by atoms with Crippen LogP contribution in [0.25, 0.3) is 0 Å². The van der Waals surface area contributed by atoms with Crippen LogP contribution in [0.15, 0.2) is 17.1 Å². The molecule has 1 fully saturated rings. The summed E-state index contributed by atoms with van der Waals surface area (Å²) >= 11 is 6.29. The van der Waals surface area contributed by atoms with Crippen molar-refractivity contribution in [3.63, 3.8) is 0 Å². The van der Waals surface area contributed by atoms with Crippen LogP contribution in [0.5, 0.6) is 0 Å². The second-order valence-corrected chi connectivity index (χ2v) is 4.79. The molecule has 8 heteroatoms. The quantitative estimate of drug-likeness (QED) is 0.481. The molecule has 108 valence electrons. The van der Waals surface area contributed by atoms with Gasteiger partial charge in [0.15, 0.2) is 11.1 Å². The molecule has 1 aliphatic heterocycles. The zero-order valence-corrected chi connectivity index (χ0v) is 11.2. The Kier molecular flexibility index (Phi) is 3.30. The van der Waals surface area contributed by atoms with E-state index in [0.717, 1.165) is 4.57 Å². The molecule has 2 rings (SSSR count). The Labute approximate surface area is 122 Å². The third kappa shape index (κ3) is 2.27. The summed E-state index contributed by atoms with van der Waals surface area (Å²) in [4.78, 5) is 13.6. The summed E-state index contributed by atoms with van der Waals surface area (Å²) in [6.45, 7) is -1.42. The highest BCUT2D eigenvalue weighted by atomic mass is 35.5. The maximum absolute atomic E-state index is 11.9. The number of aliphatic hydroxyl groups excluding tert-OH is 1. The molecule has 7 nitrogen and oxygen atoms in total. The van der Waals surface area contributed by atoms with Gasteiger partial charge in [0.05, 0.1) is 9.30 Å². The van der Waals surface area contributed by atoms with Crippen molar-refractivity contribution in [1.29, 1.82) is 0 Å². The molecular weight excluding hydrogens is 286 g/mol. The van der Waals surface area contributed by atoms with Crippen molar-refractivity contribution in [2.45, 2.75) is 30.2 Å². The molecule has 2 heterocycles. The first kappa shape index (κ1) is 12.2. The highest BCUT2D eigenvalue weighted by Gasteiger charge is 2.55. The van der Waals surface area contributed by atoms with E-state index in [1.165, 1.54) is 19.2 Å². The summed E-state index contributed by atoms with van der Waals surface area (Å²) < 4.78 is 20.9. The van der Waals surface area contributed by atoms with Gasteiger partial charge in [0.1, 0.15) is 18.0 Å². The van der Waals surface area contributed by atoms with Gasteiger partial charge in [-0.2, -0.15) is 4.98 Å². The van der Waals surface area contributed by atoms with Crippen LogP contribution in [0.2, 0.25) is 0 Å². The van der Waals surface area contributed by atoms with Gasteiger partial charge in [-0.3, -0.25) is 4.57 Å². The largest absolute Gasteiger partial charge is 0.394 e. The topological polar surface area (TPSA) is 111 Å². The number of ether oxygens (including phenoxy) is 1. The number of aromatic nitrogens is 2. The Balaban J connectivity index is 2.57. The fourth-order valence-corrected chi connectivity index (χ4v) is 2.34. The minimum atomic E-state index is -2.88. The van der Waals surface area contributed by atoms with Crippen LogP contribution in [0, 0.1) is 11.8 Å². The summed E-state index contributed by atoms with van der Waals surface area (Å²) in [5, 5.41) is 19.7. The molecule has 1 saturated heterocycles. The third-order valence-corrected chi connectivity index (χ3v) is 3.40. The number of nitrogens with two attached hydrogens (primary N) is 1. The van der Waals surface area contributed by atoms with Crippen LogP contribution in [-0.4, -0.2) is 43.4 Å². The number of halogens is 1. The van der Waals surface area contributed by atoms with Gasteiger partial charge in [0, 0.05) is 6.20 Å². The molecule has 4 atom stereocenters. The summed E-state index contributed by atoms with van der Waals surface area (Å²) in [6, 6.07) is 1.31. The highest BCUT2D eigenvalue weighted by molar-refractivity contribution is 6.27. The van der Waals surface area contributed by atoms with Gasteiger partial charge >= 0.3 is 5.69 Å². The molecule has 4 N–H and O–H groups in total. The lowest BCUT2D eigenvalue weighted by Gasteiger charge is -2.25. The molecule has 20 heavy (non-hydrogen) atoms. The van der Waals surface area contributed by atoms with Crippen LogP contribution < -0.4 is 11.4 Å². The predicted octanol–water partition coefficient (Wildman–Crippen LogP) is -0.923. The van der Waals surface area contributed by atoms with E-state index in [2.05, 4.69) is 16.8 Å². The molecule has 1 aliphatic rings. The standard InChI is InChI=1S/C12H14ClN3O4/c1-2-4-12(13)9(18)7(6-17)20-10(12)16-5-3-8(14)15-11(16)19/h3,5,7,9-10,17-18H,6H2,1H3,(H2,14,15,19)/t7-,9+,10-,12?/m1/s1/i6D2. The number of hydrogen-bond donors (Lipinski definition) is 3. The Morgan fingerprint density at radius 2 is 2.50 bits per heavy atom. The summed E-state index contributed by atoms with van der Waals surface area (Å²) in [5.74, 6) is 4.99. The number of alkyl halides is 1. The first-order chi connectivity index (χ1) is 10.1. The lowest BCUT2D eigenvalue weighted by atomic mass is 9.99. The van der Waals surface area contributed by atoms with E-state index >= 15 is 0 Å². The molecule has 0 aliphatic carbocycles. The van der Waals surface area contributed by atoms with Gasteiger partial charge < -0.3 is 20.7 Å². The smallest absolute Gasteiger partial charge is 0.351 e. The van der Waals surface area contributed by atoms with Gasteiger partial charge in [-0.25, -0.2) is 4.79 Å². The minimum absolute atomic E-state index is 0.0180. The maximum atomic E-state index is 11.9. The van der Waals surface area contributed by atoms with Crippen molar-refractivity contribution in [2.24, 2.45) is 0 Å². The van der Waals surface area contributed by atoms with E-state index in [1.54, 1.807) is 0 Å². The average Bonchev–Trinajstić information content (AvgIpc) is 2.63. The Morgan fingerprint density at radius 3 is 3.05 bits per heavy atom. The van der Waals surface area contributed by atoms with E-state index < -0.39 is 35.6 Å². The van der Waals surface area contributed by atoms with Crippen LogP contribution in [0.1, 0.15) is 15.9 Å².